The van der Waals surface area contributed by atoms with Crippen molar-refractivity contribution in [2.45, 2.75) is 13.0 Å². The Hall–Kier alpha value is -1.02. The molecule has 2 nitrogen and oxygen atoms in total. The van der Waals surface area contributed by atoms with Crippen LogP contribution in [-0.4, -0.2) is 13.7 Å². The SMILES string of the molecule is COc1cccc(C)c1[C@H]1CO1. The largest absolute Gasteiger partial charge is 0.496 e. The Morgan fingerprint density at radius 1 is 1.50 bits per heavy atom. The van der Waals surface area contributed by atoms with Crippen molar-refractivity contribution in [3.8, 4) is 5.75 Å². The highest BCUT2D eigenvalue weighted by atomic mass is 16.6. The van der Waals surface area contributed by atoms with E-state index in [2.05, 4.69) is 13.0 Å². The number of hydrogen-bond acceptors (Lipinski definition) is 2. The summed E-state index contributed by atoms with van der Waals surface area (Å²) >= 11 is 0. The monoisotopic (exact) mass is 164 g/mol. The third-order valence-electron chi connectivity index (χ3n) is 2.16. The smallest absolute Gasteiger partial charge is 0.125 e. The van der Waals surface area contributed by atoms with Crippen LogP contribution in [0.2, 0.25) is 0 Å². The summed E-state index contributed by atoms with van der Waals surface area (Å²) in [5, 5.41) is 0. The molecule has 0 radical (unpaired) electrons. The first-order valence-corrected chi connectivity index (χ1v) is 4.08. The second kappa shape index (κ2) is 2.79. The van der Waals surface area contributed by atoms with Crippen molar-refractivity contribution in [3.63, 3.8) is 0 Å². The molecule has 1 aliphatic heterocycles. The van der Waals surface area contributed by atoms with Gasteiger partial charge in [0.2, 0.25) is 0 Å². The molecule has 0 N–H and O–H groups in total. The van der Waals surface area contributed by atoms with Crippen molar-refractivity contribution in [1.82, 2.24) is 0 Å². The molecular weight excluding hydrogens is 152 g/mol. The van der Waals surface area contributed by atoms with E-state index in [9.17, 15) is 0 Å². The molecule has 1 saturated heterocycles. The van der Waals surface area contributed by atoms with Gasteiger partial charge in [-0.15, -0.1) is 0 Å². The summed E-state index contributed by atoms with van der Waals surface area (Å²) in [6, 6.07) is 6.06. The van der Waals surface area contributed by atoms with Crippen LogP contribution < -0.4 is 4.74 Å². The van der Waals surface area contributed by atoms with Crippen LogP contribution in [0, 0.1) is 6.92 Å². The quantitative estimate of drug-likeness (QED) is 0.624. The molecule has 1 fully saturated rings. The van der Waals surface area contributed by atoms with E-state index in [0.29, 0.717) is 0 Å². The molecule has 2 rings (SSSR count). The van der Waals surface area contributed by atoms with Crippen LogP contribution in [0.15, 0.2) is 18.2 Å². The van der Waals surface area contributed by atoms with Gasteiger partial charge in [-0.3, -0.25) is 0 Å². The second-order valence-electron chi connectivity index (χ2n) is 3.01. The molecule has 12 heavy (non-hydrogen) atoms. The average Bonchev–Trinajstić information content (AvgIpc) is 2.87. The molecule has 64 valence electrons. The summed E-state index contributed by atoms with van der Waals surface area (Å²) in [6.45, 7) is 2.92. The Balaban J connectivity index is 2.45. The first kappa shape index (κ1) is 7.62. The predicted molar refractivity (Wildman–Crippen MR) is 46.4 cm³/mol. The van der Waals surface area contributed by atoms with Crippen LogP contribution in [0.3, 0.4) is 0 Å². The molecule has 2 heteroatoms. The maximum Gasteiger partial charge on any atom is 0.125 e. The van der Waals surface area contributed by atoms with Crippen molar-refractivity contribution >= 4 is 0 Å². The number of methoxy groups -OCH3 is 1. The number of rotatable bonds is 2. The minimum absolute atomic E-state index is 0.279. The Kier molecular flexibility index (Phi) is 1.77. The Bertz CT molecular complexity index is 290. The fourth-order valence-electron chi connectivity index (χ4n) is 1.46. The van der Waals surface area contributed by atoms with Crippen molar-refractivity contribution < 1.29 is 9.47 Å². The summed E-state index contributed by atoms with van der Waals surface area (Å²) in [5.41, 5.74) is 2.46. The van der Waals surface area contributed by atoms with E-state index < -0.39 is 0 Å². The minimum Gasteiger partial charge on any atom is -0.496 e. The molecule has 1 atom stereocenters. The van der Waals surface area contributed by atoms with Gasteiger partial charge in [-0.2, -0.15) is 0 Å². The average molecular weight is 164 g/mol. The molecule has 0 aliphatic carbocycles. The van der Waals surface area contributed by atoms with E-state index in [-0.39, 0.29) is 6.10 Å². The highest BCUT2D eigenvalue weighted by Gasteiger charge is 2.29. The lowest BCUT2D eigenvalue weighted by molar-refractivity contribution is 0.382. The molecule has 1 aliphatic rings. The Morgan fingerprint density at radius 2 is 2.25 bits per heavy atom. The zero-order valence-electron chi connectivity index (χ0n) is 7.33. The molecule has 0 spiro atoms. The molecule has 1 aromatic rings. The third kappa shape index (κ3) is 1.18. The predicted octanol–water partition coefficient (Wildman–Crippen LogP) is 2.07. The fourth-order valence-corrected chi connectivity index (χ4v) is 1.46. The van der Waals surface area contributed by atoms with E-state index in [1.807, 2.05) is 12.1 Å². The summed E-state index contributed by atoms with van der Waals surface area (Å²) in [4.78, 5) is 0. The van der Waals surface area contributed by atoms with E-state index in [1.54, 1.807) is 7.11 Å². The number of hydrogen-bond donors (Lipinski definition) is 0. The molecule has 0 amide bonds. The lowest BCUT2D eigenvalue weighted by Gasteiger charge is -2.08. The van der Waals surface area contributed by atoms with E-state index in [1.165, 1.54) is 11.1 Å². The summed E-state index contributed by atoms with van der Waals surface area (Å²) in [5.74, 6) is 0.942. The first-order valence-electron chi connectivity index (χ1n) is 4.08. The van der Waals surface area contributed by atoms with Crippen LogP contribution in [0.5, 0.6) is 5.75 Å². The molecule has 1 heterocycles. The summed E-state index contributed by atoms with van der Waals surface area (Å²) in [6.07, 6.45) is 0.279. The maximum absolute atomic E-state index is 5.25. The van der Waals surface area contributed by atoms with Gasteiger partial charge in [-0.1, -0.05) is 12.1 Å². The van der Waals surface area contributed by atoms with Gasteiger partial charge in [-0.25, -0.2) is 0 Å². The zero-order valence-corrected chi connectivity index (χ0v) is 7.33. The van der Waals surface area contributed by atoms with Gasteiger partial charge in [0.1, 0.15) is 11.9 Å². The number of aryl methyl sites for hydroxylation is 1. The van der Waals surface area contributed by atoms with E-state index in [4.69, 9.17) is 9.47 Å². The van der Waals surface area contributed by atoms with Gasteiger partial charge >= 0.3 is 0 Å². The van der Waals surface area contributed by atoms with Gasteiger partial charge in [0, 0.05) is 5.56 Å². The standard InChI is InChI=1S/C10H12O2/c1-7-4-3-5-8(11-2)10(7)9-6-12-9/h3-5,9H,6H2,1-2H3/t9-/m1/s1. The molecule has 0 saturated carbocycles. The van der Waals surface area contributed by atoms with Gasteiger partial charge in [-0.05, 0) is 18.6 Å². The molecule has 0 aromatic heterocycles. The van der Waals surface area contributed by atoms with Gasteiger partial charge in [0.25, 0.3) is 0 Å². The van der Waals surface area contributed by atoms with Gasteiger partial charge < -0.3 is 9.47 Å². The van der Waals surface area contributed by atoms with Crippen LogP contribution in [0.1, 0.15) is 17.2 Å². The van der Waals surface area contributed by atoms with Crippen molar-refractivity contribution in [3.05, 3.63) is 29.3 Å². The van der Waals surface area contributed by atoms with Crippen molar-refractivity contribution in [1.29, 1.82) is 0 Å². The highest BCUT2D eigenvalue weighted by Crippen LogP contribution is 2.38. The summed E-state index contributed by atoms with van der Waals surface area (Å²) < 4.78 is 10.5. The van der Waals surface area contributed by atoms with E-state index in [0.717, 1.165) is 12.4 Å². The maximum atomic E-state index is 5.25. The van der Waals surface area contributed by atoms with Crippen LogP contribution in [0.4, 0.5) is 0 Å². The number of ether oxygens (including phenoxy) is 2. The highest BCUT2D eigenvalue weighted by molar-refractivity contribution is 5.42. The zero-order chi connectivity index (χ0) is 8.55. The lowest BCUT2D eigenvalue weighted by atomic mass is 10.1. The molecular formula is C10H12O2. The van der Waals surface area contributed by atoms with Crippen LogP contribution in [-0.2, 0) is 4.74 Å². The van der Waals surface area contributed by atoms with Gasteiger partial charge in [0.05, 0.1) is 13.7 Å². The van der Waals surface area contributed by atoms with Crippen LogP contribution >= 0.6 is 0 Å². The molecule has 0 unspecified atom stereocenters. The minimum atomic E-state index is 0.279. The number of benzene rings is 1. The third-order valence-corrected chi connectivity index (χ3v) is 2.16. The van der Waals surface area contributed by atoms with Crippen molar-refractivity contribution in [2.24, 2.45) is 0 Å². The molecule has 1 aromatic carbocycles. The lowest BCUT2D eigenvalue weighted by Crippen LogP contribution is -1.93. The Labute approximate surface area is 72.1 Å². The first-order chi connectivity index (χ1) is 5.83. The fraction of sp³-hybridized carbons (Fsp3) is 0.400. The molecule has 0 bridgehead atoms. The topological polar surface area (TPSA) is 21.8 Å². The van der Waals surface area contributed by atoms with Crippen LogP contribution in [0.25, 0.3) is 0 Å². The second-order valence-corrected chi connectivity index (χ2v) is 3.01. The van der Waals surface area contributed by atoms with E-state index >= 15 is 0 Å². The Morgan fingerprint density at radius 3 is 2.83 bits per heavy atom. The normalized spacial score (nSPS) is 20.7. The van der Waals surface area contributed by atoms with Gasteiger partial charge in [0.15, 0.2) is 0 Å². The van der Waals surface area contributed by atoms with Crippen molar-refractivity contribution in [2.75, 3.05) is 13.7 Å². The number of epoxide rings is 1. The summed E-state index contributed by atoms with van der Waals surface area (Å²) in [7, 11) is 1.70.